The molecule has 1 aliphatic heterocycles. The molecule has 1 aromatic heterocycles. The molecule has 0 spiro atoms. The topological polar surface area (TPSA) is 50.3 Å². The van der Waals surface area contributed by atoms with Gasteiger partial charge in [-0.1, -0.05) is 0 Å². The summed E-state index contributed by atoms with van der Waals surface area (Å²) in [7, 11) is 0. The number of rotatable bonds is 3. The molecule has 16 heavy (non-hydrogen) atoms. The maximum atomic E-state index is 11.8. The van der Waals surface area contributed by atoms with Crippen molar-refractivity contribution in [2.45, 2.75) is 25.7 Å². The lowest BCUT2D eigenvalue weighted by atomic mass is 10.1. The number of Topliss-reactive ketones (excluding diaryl/α,β-unsaturated/α-hetero) is 1. The summed E-state index contributed by atoms with van der Waals surface area (Å²) in [6, 6.07) is 0. The number of hydrogen-bond donors (Lipinski definition) is 0. The van der Waals surface area contributed by atoms with Crippen LogP contribution in [0.1, 0.15) is 35.5 Å². The molecule has 1 saturated heterocycles. The smallest absolute Gasteiger partial charge is 0.230 e. The van der Waals surface area contributed by atoms with E-state index in [0.717, 1.165) is 25.9 Å². The molecule has 2 heterocycles. The van der Waals surface area contributed by atoms with Crippen molar-refractivity contribution >= 4 is 23.0 Å². The first-order valence-corrected chi connectivity index (χ1v) is 6.36. The fourth-order valence-corrected chi connectivity index (χ4v) is 2.41. The molecule has 0 aliphatic carbocycles. The average Bonchev–Trinajstić information content (AvgIpc) is 2.83. The number of amides is 1. The van der Waals surface area contributed by atoms with Crippen molar-refractivity contribution in [1.82, 2.24) is 9.88 Å². The molecular weight excluding hydrogens is 224 g/mol. The molecule has 1 fully saturated rings. The molecule has 1 aliphatic rings. The second-order valence-corrected chi connectivity index (χ2v) is 4.77. The largest absolute Gasteiger partial charge is 0.342 e. The molecule has 0 aromatic carbocycles. The Kier molecular flexibility index (Phi) is 3.66. The molecule has 0 saturated carbocycles. The first-order chi connectivity index (χ1) is 7.77. The molecular formula is C11H14N2O2S. The third-order valence-corrected chi connectivity index (χ3v) is 3.51. The van der Waals surface area contributed by atoms with E-state index in [-0.39, 0.29) is 18.1 Å². The van der Waals surface area contributed by atoms with Crippen LogP contribution in [0.25, 0.3) is 0 Å². The Hall–Kier alpha value is -1.23. The van der Waals surface area contributed by atoms with E-state index in [0.29, 0.717) is 5.01 Å². The Labute approximate surface area is 98.3 Å². The van der Waals surface area contributed by atoms with Gasteiger partial charge in [-0.05, 0) is 19.3 Å². The summed E-state index contributed by atoms with van der Waals surface area (Å²) in [5.41, 5.74) is 0. The number of hydrogen-bond acceptors (Lipinski definition) is 4. The van der Waals surface area contributed by atoms with Crippen molar-refractivity contribution in [3.63, 3.8) is 0 Å². The van der Waals surface area contributed by atoms with Crippen LogP contribution < -0.4 is 0 Å². The highest BCUT2D eigenvalue weighted by Crippen LogP contribution is 2.12. The lowest BCUT2D eigenvalue weighted by molar-refractivity contribution is -0.131. The van der Waals surface area contributed by atoms with E-state index in [4.69, 9.17) is 0 Å². The van der Waals surface area contributed by atoms with Crippen LogP contribution in [0.4, 0.5) is 0 Å². The lowest BCUT2D eigenvalue weighted by Gasteiger charge is -2.26. The summed E-state index contributed by atoms with van der Waals surface area (Å²) >= 11 is 1.29. The van der Waals surface area contributed by atoms with Gasteiger partial charge >= 0.3 is 0 Å². The van der Waals surface area contributed by atoms with E-state index < -0.39 is 0 Å². The molecule has 0 N–H and O–H groups in total. The number of carbonyl (C=O) groups is 2. The van der Waals surface area contributed by atoms with Gasteiger partial charge < -0.3 is 4.90 Å². The van der Waals surface area contributed by atoms with E-state index in [1.807, 2.05) is 0 Å². The van der Waals surface area contributed by atoms with Crippen molar-refractivity contribution in [1.29, 1.82) is 0 Å². The van der Waals surface area contributed by atoms with Crippen LogP contribution in [-0.4, -0.2) is 34.7 Å². The minimum absolute atomic E-state index is 0.0342. The van der Waals surface area contributed by atoms with Gasteiger partial charge in [0.1, 0.15) is 0 Å². The number of ketones is 1. The number of thiazole rings is 1. The summed E-state index contributed by atoms with van der Waals surface area (Å²) in [4.78, 5) is 29.1. The Morgan fingerprint density at radius 1 is 1.31 bits per heavy atom. The first kappa shape index (κ1) is 11.3. The SMILES string of the molecule is O=C(CC(=O)N1CCCCC1)c1nccs1. The van der Waals surface area contributed by atoms with E-state index in [9.17, 15) is 9.59 Å². The van der Waals surface area contributed by atoms with Crippen molar-refractivity contribution < 1.29 is 9.59 Å². The molecule has 0 bridgehead atoms. The van der Waals surface area contributed by atoms with Crippen LogP contribution in [0, 0.1) is 0 Å². The van der Waals surface area contributed by atoms with Crippen molar-refractivity contribution in [2.75, 3.05) is 13.1 Å². The summed E-state index contributed by atoms with van der Waals surface area (Å²) < 4.78 is 0. The highest BCUT2D eigenvalue weighted by atomic mass is 32.1. The van der Waals surface area contributed by atoms with E-state index >= 15 is 0 Å². The summed E-state index contributed by atoms with van der Waals surface area (Å²) in [5.74, 6) is -0.217. The highest BCUT2D eigenvalue weighted by Gasteiger charge is 2.20. The van der Waals surface area contributed by atoms with Gasteiger partial charge in [0.15, 0.2) is 5.01 Å². The second-order valence-electron chi connectivity index (χ2n) is 3.88. The minimum Gasteiger partial charge on any atom is -0.342 e. The number of likely N-dealkylation sites (tertiary alicyclic amines) is 1. The van der Waals surface area contributed by atoms with Crippen LogP contribution in [0.3, 0.4) is 0 Å². The number of carbonyl (C=O) groups excluding carboxylic acids is 2. The lowest BCUT2D eigenvalue weighted by Crippen LogP contribution is -2.36. The van der Waals surface area contributed by atoms with Crippen molar-refractivity contribution in [2.24, 2.45) is 0 Å². The van der Waals surface area contributed by atoms with Crippen LogP contribution in [0.15, 0.2) is 11.6 Å². The summed E-state index contributed by atoms with van der Waals surface area (Å²) in [5, 5.41) is 2.18. The quantitative estimate of drug-likeness (QED) is 0.595. The van der Waals surface area contributed by atoms with Gasteiger partial charge in [0, 0.05) is 24.7 Å². The molecule has 0 unspecified atom stereocenters. The molecule has 0 radical (unpaired) electrons. The van der Waals surface area contributed by atoms with Gasteiger partial charge in [0.25, 0.3) is 0 Å². The standard InChI is InChI=1S/C11H14N2O2S/c14-9(11-12-4-7-16-11)8-10(15)13-5-2-1-3-6-13/h4,7H,1-3,5-6,8H2. The summed E-state index contributed by atoms with van der Waals surface area (Å²) in [6.07, 6.45) is 4.84. The third-order valence-electron chi connectivity index (χ3n) is 2.69. The number of aromatic nitrogens is 1. The first-order valence-electron chi connectivity index (χ1n) is 5.48. The van der Waals surface area contributed by atoms with Crippen LogP contribution >= 0.6 is 11.3 Å². The molecule has 2 rings (SSSR count). The number of nitrogens with zero attached hydrogens (tertiary/aromatic N) is 2. The van der Waals surface area contributed by atoms with E-state index in [1.54, 1.807) is 16.5 Å². The Bertz CT molecular complexity index is 369. The van der Waals surface area contributed by atoms with Gasteiger partial charge in [-0.3, -0.25) is 9.59 Å². The van der Waals surface area contributed by atoms with E-state index in [1.165, 1.54) is 17.8 Å². The predicted molar refractivity (Wildman–Crippen MR) is 61.5 cm³/mol. The predicted octanol–water partition coefficient (Wildman–Crippen LogP) is 1.73. The Balaban J connectivity index is 1.89. The van der Waals surface area contributed by atoms with Gasteiger partial charge in [-0.25, -0.2) is 4.98 Å². The van der Waals surface area contributed by atoms with Crippen molar-refractivity contribution in [3.8, 4) is 0 Å². The zero-order valence-electron chi connectivity index (χ0n) is 9.02. The van der Waals surface area contributed by atoms with Crippen LogP contribution in [0.5, 0.6) is 0 Å². The Morgan fingerprint density at radius 3 is 2.69 bits per heavy atom. The fourth-order valence-electron chi connectivity index (χ4n) is 1.83. The van der Waals surface area contributed by atoms with Crippen molar-refractivity contribution in [3.05, 3.63) is 16.6 Å². The van der Waals surface area contributed by atoms with Gasteiger partial charge in [0.05, 0.1) is 6.42 Å². The normalized spacial score (nSPS) is 16.1. The fraction of sp³-hybridized carbons (Fsp3) is 0.545. The van der Waals surface area contributed by atoms with Crippen LogP contribution in [-0.2, 0) is 4.79 Å². The molecule has 86 valence electrons. The van der Waals surface area contributed by atoms with Crippen LogP contribution in [0.2, 0.25) is 0 Å². The summed E-state index contributed by atoms with van der Waals surface area (Å²) in [6.45, 7) is 1.59. The van der Waals surface area contributed by atoms with Gasteiger partial charge in [-0.15, -0.1) is 11.3 Å². The average molecular weight is 238 g/mol. The Morgan fingerprint density at radius 2 is 2.06 bits per heavy atom. The van der Waals surface area contributed by atoms with E-state index in [2.05, 4.69) is 4.98 Å². The maximum absolute atomic E-state index is 11.8. The zero-order valence-corrected chi connectivity index (χ0v) is 9.83. The zero-order chi connectivity index (χ0) is 11.4. The number of piperidine rings is 1. The molecule has 1 aromatic rings. The van der Waals surface area contributed by atoms with Gasteiger partial charge in [-0.2, -0.15) is 0 Å². The molecule has 4 nitrogen and oxygen atoms in total. The maximum Gasteiger partial charge on any atom is 0.230 e. The second kappa shape index (κ2) is 5.21. The minimum atomic E-state index is -0.162. The van der Waals surface area contributed by atoms with Gasteiger partial charge in [0.2, 0.25) is 11.7 Å². The molecule has 5 heteroatoms. The molecule has 0 atom stereocenters. The molecule has 1 amide bonds. The highest BCUT2D eigenvalue weighted by molar-refractivity contribution is 7.11. The third kappa shape index (κ3) is 2.66. The monoisotopic (exact) mass is 238 g/mol.